The molecule has 0 saturated carbocycles. The van der Waals surface area contributed by atoms with Gasteiger partial charge in [-0.2, -0.15) is 0 Å². The monoisotopic (exact) mass is 175 g/mol. The number of aliphatic hydroxyl groups is 1. The summed E-state index contributed by atoms with van der Waals surface area (Å²) in [6, 6.07) is 0. The van der Waals surface area contributed by atoms with Gasteiger partial charge < -0.3 is 15.4 Å². The third-order valence-electron chi connectivity index (χ3n) is 1.44. The average Bonchev–Trinajstić information content (AvgIpc) is 2.17. The normalized spacial score (nSPS) is 10.5. The largest absolute Gasteiger partial charge is 0.395 e. The second kappa shape index (κ2) is 3.11. The highest BCUT2D eigenvalue weighted by molar-refractivity contribution is 6.31. The molecule has 3 N–H and O–H groups in total. The lowest BCUT2D eigenvalue weighted by atomic mass is 10.6. The molecule has 0 spiro atoms. The van der Waals surface area contributed by atoms with Crippen molar-refractivity contribution in [1.82, 2.24) is 9.55 Å². The Morgan fingerprint density at radius 1 is 1.73 bits per heavy atom. The van der Waals surface area contributed by atoms with Gasteiger partial charge in [-0.25, -0.2) is 4.98 Å². The second-order valence-electron chi connectivity index (χ2n) is 2.21. The molecule has 4 nitrogen and oxygen atoms in total. The summed E-state index contributed by atoms with van der Waals surface area (Å²) < 4.78 is 1.66. The van der Waals surface area contributed by atoms with Gasteiger partial charge in [-0.3, -0.25) is 0 Å². The van der Waals surface area contributed by atoms with Crippen molar-refractivity contribution in [2.24, 2.45) is 0 Å². The highest BCUT2D eigenvalue weighted by atomic mass is 35.5. The van der Waals surface area contributed by atoms with E-state index >= 15 is 0 Å². The van der Waals surface area contributed by atoms with Crippen LogP contribution in [-0.4, -0.2) is 21.3 Å². The van der Waals surface area contributed by atoms with E-state index in [4.69, 9.17) is 22.4 Å². The molecule has 0 aliphatic carbocycles. The van der Waals surface area contributed by atoms with E-state index in [0.717, 1.165) is 5.82 Å². The number of aliphatic hydroxyl groups excluding tert-OH is 1. The smallest absolute Gasteiger partial charge is 0.161 e. The third kappa shape index (κ3) is 1.46. The number of halogens is 1. The highest BCUT2D eigenvalue weighted by Crippen LogP contribution is 2.18. The Bertz CT molecular complexity index is 259. The first-order valence-corrected chi connectivity index (χ1v) is 3.63. The number of rotatable bonds is 2. The van der Waals surface area contributed by atoms with Gasteiger partial charge in [0.1, 0.15) is 5.82 Å². The fraction of sp³-hybridized carbons (Fsp3) is 0.500. The van der Waals surface area contributed by atoms with Crippen molar-refractivity contribution in [2.45, 2.75) is 13.5 Å². The first kappa shape index (κ1) is 8.36. The number of imidazole rings is 1. The standard InChI is InChI=1S/C6H10ClN3O/c1-4-9-6(8)5(7)10(4)2-3-11/h11H,2-3,8H2,1H3. The zero-order valence-corrected chi connectivity index (χ0v) is 6.97. The molecule has 0 amide bonds. The lowest BCUT2D eigenvalue weighted by molar-refractivity contribution is 0.275. The molecule has 0 aliphatic heterocycles. The molecule has 0 unspecified atom stereocenters. The van der Waals surface area contributed by atoms with E-state index in [0.29, 0.717) is 17.5 Å². The molecule has 1 aromatic heterocycles. The Hall–Kier alpha value is -0.740. The van der Waals surface area contributed by atoms with Crippen molar-refractivity contribution in [1.29, 1.82) is 0 Å². The van der Waals surface area contributed by atoms with Crippen LogP contribution in [0.5, 0.6) is 0 Å². The van der Waals surface area contributed by atoms with Gasteiger partial charge in [-0.05, 0) is 6.92 Å². The highest BCUT2D eigenvalue weighted by Gasteiger charge is 2.08. The van der Waals surface area contributed by atoms with Crippen molar-refractivity contribution in [3.63, 3.8) is 0 Å². The molecule has 0 saturated heterocycles. The summed E-state index contributed by atoms with van der Waals surface area (Å²) >= 11 is 5.76. The summed E-state index contributed by atoms with van der Waals surface area (Å²) in [6.07, 6.45) is 0. The molecule has 11 heavy (non-hydrogen) atoms. The van der Waals surface area contributed by atoms with E-state index in [9.17, 15) is 0 Å². The number of nitrogens with zero attached hydrogens (tertiary/aromatic N) is 2. The van der Waals surface area contributed by atoms with Crippen molar-refractivity contribution in [2.75, 3.05) is 12.3 Å². The van der Waals surface area contributed by atoms with Gasteiger partial charge in [-0.15, -0.1) is 0 Å². The van der Waals surface area contributed by atoms with Gasteiger partial charge in [0.05, 0.1) is 6.61 Å². The number of anilines is 1. The molecule has 62 valence electrons. The Balaban J connectivity index is 3.02. The van der Waals surface area contributed by atoms with E-state index in [1.807, 2.05) is 0 Å². The van der Waals surface area contributed by atoms with Gasteiger partial charge in [0, 0.05) is 6.54 Å². The van der Waals surface area contributed by atoms with Crippen LogP contribution in [0, 0.1) is 6.92 Å². The number of hydrogen-bond acceptors (Lipinski definition) is 3. The fourth-order valence-electron chi connectivity index (χ4n) is 0.921. The van der Waals surface area contributed by atoms with Crippen molar-refractivity contribution in [3.8, 4) is 0 Å². The molecule has 5 heteroatoms. The molecular formula is C6H10ClN3O. The minimum Gasteiger partial charge on any atom is -0.395 e. The Kier molecular flexibility index (Phi) is 2.36. The minimum atomic E-state index is 0.0381. The maximum Gasteiger partial charge on any atom is 0.161 e. The number of hydrogen-bond donors (Lipinski definition) is 2. The lowest BCUT2D eigenvalue weighted by Gasteiger charge is -2.01. The first-order valence-electron chi connectivity index (χ1n) is 3.25. The van der Waals surface area contributed by atoms with Crippen molar-refractivity contribution < 1.29 is 5.11 Å². The molecule has 0 radical (unpaired) electrons. The fourth-order valence-corrected chi connectivity index (χ4v) is 1.17. The summed E-state index contributed by atoms with van der Waals surface area (Å²) in [5.41, 5.74) is 5.43. The van der Waals surface area contributed by atoms with E-state index in [1.165, 1.54) is 0 Å². The van der Waals surface area contributed by atoms with E-state index in [-0.39, 0.29) is 6.61 Å². The SMILES string of the molecule is Cc1nc(N)c(Cl)n1CCO. The first-order chi connectivity index (χ1) is 5.16. The molecular weight excluding hydrogens is 166 g/mol. The van der Waals surface area contributed by atoms with Crippen molar-refractivity contribution >= 4 is 17.4 Å². The second-order valence-corrected chi connectivity index (χ2v) is 2.57. The molecule has 0 aromatic carbocycles. The van der Waals surface area contributed by atoms with Crippen LogP contribution in [0.15, 0.2) is 0 Å². The number of nitrogens with two attached hydrogens (primary N) is 1. The van der Waals surface area contributed by atoms with E-state index in [2.05, 4.69) is 4.98 Å². The van der Waals surface area contributed by atoms with Crippen LogP contribution in [0.4, 0.5) is 5.82 Å². The van der Waals surface area contributed by atoms with Crippen LogP contribution in [0.1, 0.15) is 5.82 Å². The zero-order valence-electron chi connectivity index (χ0n) is 6.21. The Morgan fingerprint density at radius 2 is 2.36 bits per heavy atom. The number of aryl methyl sites for hydroxylation is 1. The van der Waals surface area contributed by atoms with E-state index < -0.39 is 0 Å². The third-order valence-corrected chi connectivity index (χ3v) is 1.84. The Labute approximate surface area is 69.6 Å². The van der Waals surface area contributed by atoms with Crippen LogP contribution >= 0.6 is 11.6 Å². The summed E-state index contributed by atoms with van der Waals surface area (Å²) in [5, 5.41) is 9.03. The van der Waals surface area contributed by atoms with Gasteiger partial charge >= 0.3 is 0 Å². The van der Waals surface area contributed by atoms with Crippen LogP contribution in [0.25, 0.3) is 0 Å². The van der Waals surface area contributed by atoms with Crippen LogP contribution in [0.3, 0.4) is 0 Å². The molecule has 0 aliphatic rings. The molecule has 1 aromatic rings. The average molecular weight is 176 g/mol. The summed E-state index contributed by atoms with van der Waals surface area (Å²) in [6.45, 7) is 2.27. The Morgan fingerprint density at radius 3 is 2.73 bits per heavy atom. The predicted molar refractivity (Wildman–Crippen MR) is 43.5 cm³/mol. The van der Waals surface area contributed by atoms with Crippen LogP contribution in [-0.2, 0) is 6.54 Å². The maximum atomic E-state index is 8.63. The van der Waals surface area contributed by atoms with Gasteiger partial charge in [0.2, 0.25) is 0 Å². The molecule has 1 heterocycles. The van der Waals surface area contributed by atoms with Gasteiger partial charge in [0.15, 0.2) is 11.0 Å². The van der Waals surface area contributed by atoms with Crippen molar-refractivity contribution in [3.05, 3.63) is 11.0 Å². The number of aromatic nitrogens is 2. The molecule has 0 atom stereocenters. The lowest BCUT2D eigenvalue weighted by Crippen LogP contribution is -2.04. The van der Waals surface area contributed by atoms with Gasteiger partial charge in [0.25, 0.3) is 0 Å². The maximum absolute atomic E-state index is 8.63. The van der Waals surface area contributed by atoms with Crippen LogP contribution in [0.2, 0.25) is 5.15 Å². The quantitative estimate of drug-likeness (QED) is 0.685. The minimum absolute atomic E-state index is 0.0381. The predicted octanol–water partition coefficient (Wildman–Crippen LogP) is 0.419. The summed E-state index contributed by atoms with van der Waals surface area (Å²) in [5.74, 6) is 1.04. The number of nitrogen functional groups attached to an aromatic ring is 1. The molecule has 0 bridgehead atoms. The van der Waals surface area contributed by atoms with Crippen LogP contribution < -0.4 is 5.73 Å². The van der Waals surface area contributed by atoms with E-state index in [1.54, 1.807) is 11.5 Å². The summed E-state index contributed by atoms with van der Waals surface area (Å²) in [7, 11) is 0. The molecule has 0 fully saturated rings. The zero-order chi connectivity index (χ0) is 8.43. The van der Waals surface area contributed by atoms with Gasteiger partial charge in [-0.1, -0.05) is 11.6 Å². The summed E-state index contributed by atoms with van der Waals surface area (Å²) in [4.78, 5) is 3.93. The topological polar surface area (TPSA) is 64.1 Å². The molecule has 1 rings (SSSR count).